The Balaban J connectivity index is 1.75. The van der Waals surface area contributed by atoms with Crippen LogP contribution in [0.25, 0.3) is 0 Å². The zero-order valence-corrected chi connectivity index (χ0v) is 14.4. The fraction of sp³-hybridized carbons (Fsp3) is 0.471. The Morgan fingerprint density at radius 3 is 2.88 bits per heavy atom. The quantitative estimate of drug-likeness (QED) is 0.864. The van der Waals surface area contributed by atoms with Gasteiger partial charge in [-0.2, -0.15) is 0 Å². The van der Waals surface area contributed by atoms with Crippen LogP contribution in [-0.4, -0.2) is 61.4 Å². The minimum atomic E-state index is 0.207. The number of nitrogens with one attached hydrogen (secondary N) is 1. The molecule has 0 saturated carbocycles. The fourth-order valence-electron chi connectivity index (χ4n) is 2.95. The third-order valence-electron chi connectivity index (χ3n) is 4.28. The van der Waals surface area contributed by atoms with E-state index in [2.05, 4.69) is 25.2 Å². The third kappa shape index (κ3) is 3.73. The molecule has 3 rings (SSSR count). The molecule has 0 spiro atoms. The van der Waals surface area contributed by atoms with Gasteiger partial charge >= 0.3 is 0 Å². The molecule has 0 radical (unpaired) electrons. The number of ether oxygens (including phenoxy) is 1. The van der Waals surface area contributed by atoms with Gasteiger partial charge in [0.1, 0.15) is 23.8 Å². The van der Waals surface area contributed by atoms with Crippen molar-refractivity contribution < 1.29 is 4.74 Å². The Morgan fingerprint density at radius 1 is 1.29 bits per heavy atom. The van der Waals surface area contributed by atoms with E-state index in [1.807, 2.05) is 43.3 Å². The first-order chi connectivity index (χ1) is 11.7. The van der Waals surface area contributed by atoms with Crippen molar-refractivity contribution in [3.05, 3.63) is 36.8 Å². The number of anilines is 3. The van der Waals surface area contributed by atoms with Crippen molar-refractivity contribution in [3.8, 4) is 0 Å². The highest BCUT2D eigenvalue weighted by Crippen LogP contribution is 2.27. The minimum absolute atomic E-state index is 0.207. The van der Waals surface area contributed by atoms with Gasteiger partial charge in [0.2, 0.25) is 0 Å². The van der Waals surface area contributed by atoms with E-state index in [1.165, 1.54) is 0 Å². The van der Waals surface area contributed by atoms with E-state index in [1.54, 1.807) is 19.6 Å². The molecule has 3 heterocycles. The SMILES string of the molecule is CO[C@@H]1C[C@H](CNc2ccccn2)N(c2cc(N(C)C)ncn2)C1. The van der Waals surface area contributed by atoms with Gasteiger partial charge in [-0.1, -0.05) is 6.07 Å². The molecule has 24 heavy (non-hydrogen) atoms. The average molecular weight is 328 g/mol. The van der Waals surface area contributed by atoms with E-state index in [9.17, 15) is 0 Å². The van der Waals surface area contributed by atoms with E-state index >= 15 is 0 Å². The van der Waals surface area contributed by atoms with Gasteiger partial charge in [0.15, 0.2) is 0 Å². The van der Waals surface area contributed by atoms with Crippen LogP contribution in [-0.2, 0) is 4.74 Å². The first-order valence-electron chi connectivity index (χ1n) is 8.11. The molecule has 0 unspecified atom stereocenters. The van der Waals surface area contributed by atoms with Crippen molar-refractivity contribution in [1.82, 2.24) is 15.0 Å². The molecule has 0 bridgehead atoms. The molecule has 0 aliphatic carbocycles. The average Bonchev–Trinajstić information content (AvgIpc) is 3.04. The van der Waals surface area contributed by atoms with Crippen molar-refractivity contribution in [1.29, 1.82) is 0 Å². The van der Waals surface area contributed by atoms with E-state index in [-0.39, 0.29) is 6.10 Å². The number of aromatic nitrogens is 3. The molecule has 2 aromatic heterocycles. The predicted octanol–water partition coefficient (Wildman–Crippen LogP) is 1.64. The van der Waals surface area contributed by atoms with Crippen LogP contribution in [0.3, 0.4) is 0 Å². The molecule has 0 aromatic carbocycles. The summed E-state index contributed by atoms with van der Waals surface area (Å²) in [7, 11) is 5.73. The van der Waals surface area contributed by atoms with Gasteiger partial charge in [-0.15, -0.1) is 0 Å². The minimum Gasteiger partial charge on any atom is -0.380 e. The number of nitrogens with zero attached hydrogens (tertiary/aromatic N) is 5. The number of hydrogen-bond acceptors (Lipinski definition) is 7. The molecule has 1 aliphatic heterocycles. The number of pyridine rings is 1. The lowest BCUT2D eigenvalue weighted by Gasteiger charge is -2.26. The second-order valence-corrected chi connectivity index (χ2v) is 6.12. The van der Waals surface area contributed by atoms with Crippen molar-refractivity contribution in [3.63, 3.8) is 0 Å². The molecule has 1 N–H and O–H groups in total. The van der Waals surface area contributed by atoms with Gasteiger partial charge in [0.25, 0.3) is 0 Å². The standard InChI is InChI=1S/C17H24N6O/c1-22(2)16-9-17(21-12-20-16)23-11-14(24-3)8-13(23)10-19-15-6-4-5-7-18-15/h4-7,9,12-14H,8,10-11H2,1-3H3,(H,18,19)/t13-,14-/m1/s1. The van der Waals surface area contributed by atoms with Gasteiger partial charge in [0, 0.05) is 46.6 Å². The monoisotopic (exact) mass is 328 g/mol. The van der Waals surface area contributed by atoms with Gasteiger partial charge in [-0.25, -0.2) is 15.0 Å². The second-order valence-electron chi connectivity index (χ2n) is 6.12. The van der Waals surface area contributed by atoms with Crippen LogP contribution in [0.15, 0.2) is 36.8 Å². The smallest absolute Gasteiger partial charge is 0.134 e. The summed E-state index contributed by atoms with van der Waals surface area (Å²) in [6, 6.07) is 8.18. The van der Waals surface area contributed by atoms with Crippen molar-refractivity contribution >= 4 is 17.5 Å². The first kappa shape index (κ1) is 16.4. The molecule has 1 aliphatic rings. The van der Waals surface area contributed by atoms with Crippen molar-refractivity contribution in [2.24, 2.45) is 0 Å². The Hall–Kier alpha value is -2.41. The topological polar surface area (TPSA) is 66.4 Å². The number of methoxy groups -OCH3 is 1. The van der Waals surface area contributed by atoms with Crippen LogP contribution in [0.2, 0.25) is 0 Å². The van der Waals surface area contributed by atoms with Gasteiger partial charge in [0.05, 0.1) is 12.1 Å². The van der Waals surface area contributed by atoms with E-state index in [0.29, 0.717) is 6.04 Å². The Labute approximate surface area is 142 Å². The summed E-state index contributed by atoms with van der Waals surface area (Å²) in [5.74, 6) is 2.72. The molecule has 1 saturated heterocycles. The molecule has 0 amide bonds. The van der Waals surface area contributed by atoms with Crippen LogP contribution in [0.5, 0.6) is 0 Å². The molecular weight excluding hydrogens is 304 g/mol. The molecule has 2 aromatic rings. The zero-order chi connectivity index (χ0) is 16.9. The Bertz CT molecular complexity index is 651. The maximum Gasteiger partial charge on any atom is 0.134 e. The highest BCUT2D eigenvalue weighted by atomic mass is 16.5. The van der Waals surface area contributed by atoms with Crippen LogP contribution in [0.4, 0.5) is 17.5 Å². The third-order valence-corrected chi connectivity index (χ3v) is 4.28. The van der Waals surface area contributed by atoms with E-state index < -0.39 is 0 Å². The van der Waals surface area contributed by atoms with Crippen LogP contribution in [0.1, 0.15) is 6.42 Å². The Morgan fingerprint density at radius 2 is 2.17 bits per heavy atom. The molecule has 7 heteroatoms. The first-order valence-corrected chi connectivity index (χ1v) is 8.11. The summed E-state index contributed by atoms with van der Waals surface area (Å²) in [4.78, 5) is 17.4. The Kier molecular flexibility index (Phi) is 5.10. The lowest BCUT2D eigenvalue weighted by molar-refractivity contribution is 0.118. The molecule has 1 fully saturated rings. The van der Waals surface area contributed by atoms with Crippen molar-refractivity contribution in [2.45, 2.75) is 18.6 Å². The summed E-state index contributed by atoms with van der Waals surface area (Å²) in [6.45, 7) is 1.62. The maximum absolute atomic E-state index is 5.58. The van der Waals surface area contributed by atoms with Crippen LogP contribution < -0.4 is 15.1 Å². The lowest BCUT2D eigenvalue weighted by atomic mass is 10.2. The highest BCUT2D eigenvalue weighted by Gasteiger charge is 2.33. The predicted molar refractivity (Wildman–Crippen MR) is 95.6 cm³/mol. The summed E-state index contributed by atoms with van der Waals surface area (Å²) in [5.41, 5.74) is 0. The number of rotatable bonds is 6. The van der Waals surface area contributed by atoms with Gasteiger partial charge in [-0.3, -0.25) is 0 Å². The van der Waals surface area contributed by atoms with E-state index in [0.717, 1.165) is 37.0 Å². The summed E-state index contributed by atoms with van der Waals surface area (Å²) in [5, 5.41) is 3.41. The van der Waals surface area contributed by atoms with E-state index in [4.69, 9.17) is 4.74 Å². The van der Waals surface area contributed by atoms with Gasteiger partial charge < -0.3 is 19.9 Å². The fourth-order valence-corrected chi connectivity index (χ4v) is 2.95. The molecular formula is C17H24N6O. The van der Waals surface area contributed by atoms with Crippen LogP contribution >= 0.6 is 0 Å². The molecule has 128 valence electrons. The number of hydrogen-bond donors (Lipinski definition) is 1. The summed E-state index contributed by atoms with van der Waals surface area (Å²) in [6.07, 6.45) is 4.57. The summed E-state index contributed by atoms with van der Waals surface area (Å²) < 4.78 is 5.58. The highest BCUT2D eigenvalue weighted by molar-refractivity contribution is 5.51. The van der Waals surface area contributed by atoms with Crippen molar-refractivity contribution in [2.75, 3.05) is 49.4 Å². The zero-order valence-electron chi connectivity index (χ0n) is 14.4. The molecule has 7 nitrogen and oxygen atoms in total. The maximum atomic E-state index is 5.58. The normalized spacial score (nSPS) is 20.2. The summed E-state index contributed by atoms with van der Waals surface area (Å²) >= 11 is 0. The largest absolute Gasteiger partial charge is 0.380 e. The lowest BCUT2D eigenvalue weighted by Crippen LogP contribution is -2.36. The van der Waals surface area contributed by atoms with Gasteiger partial charge in [-0.05, 0) is 18.6 Å². The molecule has 2 atom stereocenters. The second kappa shape index (κ2) is 7.44. The van der Waals surface area contributed by atoms with Crippen LogP contribution in [0, 0.1) is 0 Å².